The van der Waals surface area contributed by atoms with Crippen molar-refractivity contribution in [2.75, 3.05) is 7.05 Å². The van der Waals surface area contributed by atoms with Crippen LogP contribution in [0.1, 0.15) is 87.0 Å². The smallest absolute Gasteiger partial charge is 0.259 e. The molecule has 6 nitrogen and oxygen atoms in total. The third kappa shape index (κ3) is 4.09. The van der Waals surface area contributed by atoms with Crippen molar-refractivity contribution in [1.29, 1.82) is 0 Å². The van der Waals surface area contributed by atoms with Gasteiger partial charge >= 0.3 is 0 Å². The standard InChI is InChI=1S/C23H32N4O2.ClH/c1-23(2,3)12-19-20-17(11-18(13-5-6-13)25-21(20)29-26-19)22(28)27(4)16-9-14-7-8-15(10-16)24-14;/h11,13-16,24H,5-10,12H2,1-4H3;1H. The van der Waals surface area contributed by atoms with E-state index in [0.717, 1.165) is 54.4 Å². The number of halogens is 1. The van der Waals surface area contributed by atoms with Gasteiger partial charge in [0.15, 0.2) is 0 Å². The predicted octanol–water partition coefficient (Wildman–Crippen LogP) is 4.47. The van der Waals surface area contributed by atoms with E-state index in [4.69, 9.17) is 9.51 Å². The molecule has 0 aromatic carbocycles. The highest BCUT2D eigenvalue weighted by Gasteiger charge is 2.38. The zero-order valence-corrected chi connectivity index (χ0v) is 19.2. The van der Waals surface area contributed by atoms with Crippen molar-refractivity contribution in [2.45, 2.75) is 89.8 Å². The van der Waals surface area contributed by atoms with Gasteiger partial charge in [-0.25, -0.2) is 4.98 Å². The van der Waals surface area contributed by atoms with Crippen LogP contribution in [0.5, 0.6) is 0 Å². The fraction of sp³-hybridized carbons (Fsp3) is 0.696. The van der Waals surface area contributed by atoms with Gasteiger partial charge < -0.3 is 14.7 Å². The maximum Gasteiger partial charge on any atom is 0.259 e. The molecule has 3 fully saturated rings. The van der Waals surface area contributed by atoms with Gasteiger partial charge in [-0.1, -0.05) is 25.9 Å². The molecule has 2 aromatic heterocycles. The highest BCUT2D eigenvalue weighted by atomic mass is 35.5. The Kier molecular flexibility index (Phi) is 5.60. The van der Waals surface area contributed by atoms with Crippen LogP contribution in [0.25, 0.3) is 11.1 Å². The lowest BCUT2D eigenvalue weighted by Gasteiger charge is -2.35. The number of carbonyl (C=O) groups is 1. The molecule has 2 saturated heterocycles. The van der Waals surface area contributed by atoms with Gasteiger partial charge in [0.05, 0.1) is 16.6 Å². The summed E-state index contributed by atoms with van der Waals surface area (Å²) >= 11 is 0. The third-order valence-electron chi connectivity index (χ3n) is 6.78. The molecule has 2 atom stereocenters. The average Bonchev–Trinajstić information content (AvgIpc) is 3.38. The molecule has 164 valence electrons. The number of hydrogen-bond acceptors (Lipinski definition) is 5. The molecule has 1 saturated carbocycles. The van der Waals surface area contributed by atoms with Gasteiger partial charge in [0.25, 0.3) is 11.6 Å². The monoisotopic (exact) mass is 432 g/mol. The molecular formula is C23H33ClN4O2. The van der Waals surface area contributed by atoms with Crippen LogP contribution in [0.3, 0.4) is 0 Å². The molecule has 30 heavy (non-hydrogen) atoms. The molecule has 3 aliphatic rings. The first kappa shape index (κ1) is 21.6. The summed E-state index contributed by atoms with van der Waals surface area (Å²) in [4.78, 5) is 20.4. The Bertz CT molecular complexity index is 935. The Labute approximate surface area is 184 Å². The minimum Gasteiger partial charge on any atom is -0.339 e. The van der Waals surface area contributed by atoms with Crippen LogP contribution in [0, 0.1) is 5.41 Å². The molecular weight excluding hydrogens is 400 g/mol. The predicted molar refractivity (Wildman–Crippen MR) is 119 cm³/mol. The van der Waals surface area contributed by atoms with E-state index in [1.165, 1.54) is 12.8 Å². The lowest BCUT2D eigenvalue weighted by atomic mass is 9.89. The van der Waals surface area contributed by atoms with Crippen LogP contribution in [-0.2, 0) is 6.42 Å². The SMILES string of the molecule is CN(C(=O)c1cc(C2CC2)nc2onc(CC(C)(C)C)c12)C1CC2CCC(C1)N2.Cl. The first-order chi connectivity index (χ1) is 13.8. The van der Waals surface area contributed by atoms with E-state index in [-0.39, 0.29) is 23.7 Å². The summed E-state index contributed by atoms with van der Waals surface area (Å²) in [7, 11) is 1.97. The van der Waals surface area contributed by atoms with E-state index in [2.05, 4.69) is 31.2 Å². The Balaban J connectivity index is 0.00000218. The largest absolute Gasteiger partial charge is 0.339 e. The maximum absolute atomic E-state index is 13.7. The van der Waals surface area contributed by atoms with E-state index < -0.39 is 0 Å². The number of piperidine rings is 1. The highest BCUT2D eigenvalue weighted by molar-refractivity contribution is 6.06. The van der Waals surface area contributed by atoms with E-state index in [1.54, 1.807) is 0 Å². The lowest BCUT2D eigenvalue weighted by Crippen LogP contribution is -2.48. The van der Waals surface area contributed by atoms with Gasteiger partial charge in [-0.15, -0.1) is 12.4 Å². The van der Waals surface area contributed by atoms with Gasteiger partial charge in [-0.2, -0.15) is 0 Å². The van der Waals surface area contributed by atoms with Crippen molar-refractivity contribution in [3.63, 3.8) is 0 Å². The second-order valence-electron chi connectivity index (χ2n) is 10.6. The number of amides is 1. The number of fused-ring (bicyclic) bond motifs is 3. The Morgan fingerprint density at radius 3 is 2.47 bits per heavy atom. The van der Waals surface area contributed by atoms with Crippen molar-refractivity contribution in [3.05, 3.63) is 23.0 Å². The number of aromatic nitrogens is 2. The van der Waals surface area contributed by atoms with E-state index in [9.17, 15) is 4.79 Å². The molecule has 2 bridgehead atoms. The van der Waals surface area contributed by atoms with E-state index in [0.29, 0.717) is 29.8 Å². The summed E-state index contributed by atoms with van der Waals surface area (Å²) in [5.74, 6) is 0.547. The van der Waals surface area contributed by atoms with Crippen molar-refractivity contribution in [1.82, 2.24) is 20.4 Å². The lowest BCUT2D eigenvalue weighted by molar-refractivity contribution is 0.0683. The summed E-state index contributed by atoms with van der Waals surface area (Å²) in [6.45, 7) is 6.54. The van der Waals surface area contributed by atoms with Crippen LogP contribution in [0.2, 0.25) is 0 Å². The minimum absolute atomic E-state index is 0. The third-order valence-corrected chi connectivity index (χ3v) is 6.78. The molecule has 5 rings (SSSR count). The van der Waals surface area contributed by atoms with Crippen LogP contribution in [-0.4, -0.2) is 46.1 Å². The van der Waals surface area contributed by atoms with Gasteiger partial charge in [0.1, 0.15) is 0 Å². The summed E-state index contributed by atoms with van der Waals surface area (Å²) in [5, 5.41) is 8.82. The summed E-state index contributed by atoms with van der Waals surface area (Å²) < 4.78 is 5.63. The average molecular weight is 433 g/mol. The molecule has 0 spiro atoms. The zero-order valence-electron chi connectivity index (χ0n) is 18.4. The molecule has 4 heterocycles. The van der Waals surface area contributed by atoms with Crippen molar-refractivity contribution >= 4 is 29.4 Å². The molecule has 2 unspecified atom stereocenters. The van der Waals surface area contributed by atoms with Crippen molar-refractivity contribution in [3.8, 4) is 0 Å². The Morgan fingerprint density at radius 1 is 1.20 bits per heavy atom. The molecule has 2 aromatic rings. The molecule has 7 heteroatoms. The number of nitrogens with zero attached hydrogens (tertiary/aromatic N) is 3. The second kappa shape index (κ2) is 7.79. The highest BCUT2D eigenvalue weighted by Crippen LogP contribution is 2.41. The van der Waals surface area contributed by atoms with Crippen LogP contribution >= 0.6 is 12.4 Å². The van der Waals surface area contributed by atoms with Gasteiger partial charge in [0.2, 0.25) is 0 Å². The summed E-state index contributed by atoms with van der Waals surface area (Å²) in [5.41, 5.74) is 3.14. The molecule has 0 radical (unpaired) electrons. The second-order valence-corrected chi connectivity index (χ2v) is 10.6. The van der Waals surface area contributed by atoms with Crippen molar-refractivity contribution in [2.24, 2.45) is 5.41 Å². The number of nitrogens with one attached hydrogen (secondary N) is 1. The first-order valence-corrected chi connectivity index (χ1v) is 11.1. The summed E-state index contributed by atoms with van der Waals surface area (Å²) in [6, 6.07) is 3.43. The molecule has 1 amide bonds. The zero-order chi connectivity index (χ0) is 20.3. The number of rotatable bonds is 4. The van der Waals surface area contributed by atoms with E-state index >= 15 is 0 Å². The van der Waals surface area contributed by atoms with Gasteiger partial charge in [0, 0.05) is 36.8 Å². The van der Waals surface area contributed by atoms with Crippen LogP contribution in [0.4, 0.5) is 0 Å². The van der Waals surface area contributed by atoms with Crippen LogP contribution < -0.4 is 5.32 Å². The quantitative estimate of drug-likeness (QED) is 0.771. The molecule has 1 N–H and O–H groups in total. The first-order valence-electron chi connectivity index (χ1n) is 11.1. The van der Waals surface area contributed by atoms with Crippen molar-refractivity contribution < 1.29 is 9.32 Å². The van der Waals surface area contributed by atoms with Gasteiger partial charge in [-0.3, -0.25) is 4.79 Å². The fourth-order valence-electron chi connectivity index (χ4n) is 5.11. The molecule has 1 aliphatic carbocycles. The number of pyridine rings is 1. The minimum atomic E-state index is 0. The molecule has 2 aliphatic heterocycles. The van der Waals surface area contributed by atoms with Gasteiger partial charge in [-0.05, 0) is 56.4 Å². The normalized spacial score (nSPS) is 25.9. The number of carbonyl (C=O) groups excluding carboxylic acids is 1. The van der Waals surface area contributed by atoms with Crippen LogP contribution in [0.15, 0.2) is 10.6 Å². The van der Waals surface area contributed by atoms with E-state index in [1.807, 2.05) is 18.0 Å². The summed E-state index contributed by atoms with van der Waals surface area (Å²) in [6.07, 6.45) is 7.59. The maximum atomic E-state index is 13.7. The number of hydrogen-bond donors (Lipinski definition) is 1. The fourth-order valence-corrected chi connectivity index (χ4v) is 5.11. The topological polar surface area (TPSA) is 71.3 Å². The Hall–Kier alpha value is -1.66. The Morgan fingerprint density at radius 2 is 1.87 bits per heavy atom.